The fraction of sp³-hybridized carbons (Fsp3) is 0.250. The highest BCUT2D eigenvalue weighted by Crippen LogP contribution is 2.25. The molecule has 7 heteroatoms. The van der Waals surface area contributed by atoms with E-state index in [2.05, 4.69) is 4.74 Å². The number of ether oxygens (including phenoxy) is 1. The Bertz CT molecular complexity index is 643. The van der Waals surface area contributed by atoms with Gasteiger partial charge in [-0.05, 0) is 41.8 Å². The van der Waals surface area contributed by atoms with Crippen molar-refractivity contribution in [2.45, 2.75) is 24.9 Å². The fourth-order valence-corrected chi connectivity index (χ4v) is 2.16. The highest BCUT2D eigenvalue weighted by molar-refractivity contribution is 5.30. The Morgan fingerprint density at radius 1 is 1.09 bits per heavy atom. The topological polar surface area (TPSA) is 55.5 Å². The van der Waals surface area contributed by atoms with Gasteiger partial charge in [0, 0.05) is 6.04 Å². The first-order valence-electron chi connectivity index (χ1n) is 6.78. The zero-order valence-corrected chi connectivity index (χ0v) is 11.9. The molecule has 2 aromatic carbocycles. The molecule has 2 aromatic rings. The van der Waals surface area contributed by atoms with Crippen LogP contribution in [0.1, 0.15) is 17.2 Å². The summed E-state index contributed by atoms with van der Waals surface area (Å²) in [5, 5.41) is 10.1. The van der Waals surface area contributed by atoms with Crippen LogP contribution in [0.25, 0.3) is 0 Å². The zero-order chi connectivity index (χ0) is 17.0. The smallest absolute Gasteiger partial charge is 0.406 e. The lowest BCUT2D eigenvalue weighted by atomic mass is 9.97. The van der Waals surface area contributed by atoms with Crippen LogP contribution in [0.2, 0.25) is 0 Å². The third-order valence-corrected chi connectivity index (χ3v) is 3.22. The van der Waals surface area contributed by atoms with Gasteiger partial charge in [-0.25, -0.2) is 4.39 Å². The molecule has 3 nitrogen and oxygen atoms in total. The van der Waals surface area contributed by atoms with Gasteiger partial charge in [-0.15, -0.1) is 13.2 Å². The maximum Gasteiger partial charge on any atom is 0.573 e. The molecule has 0 saturated carbocycles. The molecule has 0 amide bonds. The highest BCUT2D eigenvalue weighted by Gasteiger charge is 2.31. The number of aliphatic hydroxyl groups is 1. The minimum absolute atomic E-state index is 0.133. The molecule has 0 fully saturated rings. The molecule has 0 radical (unpaired) electrons. The summed E-state index contributed by atoms with van der Waals surface area (Å²) in [6.07, 6.45) is -5.70. The first kappa shape index (κ1) is 17.2. The van der Waals surface area contributed by atoms with E-state index in [4.69, 9.17) is 5.73 Å². The lowest BCUT2D eigenvalue weighted by Gasteiger charge is -2.19. The summed E-state index contributed by atoms with van der Waals surface area (Å²) in [6.45, 7) is 0. The third kappa shape index (κ3) is 5.22. The van der Waals surface area contributed by atoms with E-state index in [-0.39, 0.29) is 12.2 Å². The van der Waals surface area contributed by atoms with Crippen molar-refractivity contribution in [2.75, 3.05) is 0 Å². The second-order valence-corrected chi connectivity index (χ2v) is 5.06. The summed E-state index contributed by atoms with van der Waals surface area (Å²) in [6, 6.07) is 9.83. The molecule has 2 atom stereocenters. The molecule has 0 heterocycles. The van der Waals surface area contributed by atoms with Crippen LogP contribution >= 0.6 is 0 Å². The molecule has 0 aromatic heterocycles. The van der Waals surface area contributed by atoms with Gasteiger partial charge in [0.05, 0.1) is 6.10 Å². The first-order chi connectivity index (χ1) is 10.7. The molecular weight excluding hydrogens is 314 g/mol. The molecule has 2 rings (SSSR count). The Hall–Kier alpha value is -2.12. The zero-order valence-electron chi connectivity index (χ0n) is 11.9. The van der Waals surface area contributed by atoms with Crippen LogP contribution in [-0.4, -0.2) is 17.5 Å². The number of hydrogen-bond donors (Lipinski definition) is 2. The summed E-state index contributed by atoms with van der Waals surface area (Å²) < 4.78 is 53.3. The number of hydrogen-bond acceptors (Lipinski definition) is 3. The van der Waals surface area contributed by atoms with Gasteiger partial charge in [-0.2, -0.15) is 0 Å². The Morgan fingerprint density at radius 3 is 2.35 bits per heavy atom. The Balaban J connectivity index is 2.06. The van der Waals surface area contributed by atoms with Gasteiger partial charge in [0.2, 0.25) is 0 Å². The molecule has 124 valence electrons. The number of nitrogens with two attached hydrogens (primary N) is 1. The van der Waals surface area contributed by atoms with Gasteiger partial charge in [0.15, 0.2) is 0 Å². The summed E-state index contributed by atoms with van der Waals surface area (Å²) in [5.74, 6) is -0.787. The SMILES string of the molecule is NC(Cc1cccc(OC(F)(F)F)c1)C(O)c1ccc(F)cc1. The van der Waals surface area contributed by atoms with Gasteiger partial charge < -0.3 is 15.6 Å². The predicted molar refractivity (Wildman–Crippen MR) is 76.2 cm³/mol. The number of rotatable bonds is 5. The maximum absolute atomic E-state index is 12.9. The standard InChI is InChI=1S/C16H15F4NO2/c17-12-6-4-11(5-7-12)15(22)14(21)9-10-2-1-3-13(8-10)23-16(18,19)20/h1-8,14-15,22H,9,21H2. The van der Waals surface area contributed by atoms with E-state index in [0.717, 1.165) is 0 Å². The van der Waals surface area contributed by atoms with E-state index < -0.39 is 24.3 Å². The van der Waals surface area contributed by atoms with E-state index in [0.29, 0.717) is 11.1 Å². The Kier molecular flexibility index (Phi) is 5.23. The molecule has 0 aliphatic heterocycles. The predicted octanol–water partition coefficient (Wildman–Crippen LogP) is 3.33. The summed E-state index contributed by atoms with van der Waals surface area (Å²) >= 11 is 0. The van der Waals surface area contributed by atoms with E-state index in [9.17, 15) is 22.7 Å². The molecule has 0 bridgehead atoms. The monoisotopic (exact) mass is 329 g/mol. The van der Waals surface area contributed by atoms with Gasteiger partial charge >= 0.3 is 6.36 Å². The third-order valence-electron chi connectivity index (χ3n) is 3.22. The van der Waals surface area contributed by atoms with Crippen LogP contribution in [-0.2, 0) is 6.42 Å². The van der Waals surface area contributed by atoms with Crippen LogP contribution in [0.4, 0.5) is 17.6 Å². The molecular formula is C16H15F4NO2. The van der Waals surface area contributed by atoms with Crippen molar-refractivity contribution in [3.8, 4) is 5.75 Å². The number of halogens is 4. The molecule has 0 aliphatic carbocycles. The molecule has 3 N–H and O–H groups in total. The minimum atomic E-state index is -4.77. The Morgan fingerprint density at radius 2 is 1.74 bits per heavy atom. The van der Waals surface area contributed by atoms with Gasteiger partial charge in [-0.3, -0.25) is 0 Å². The van der Waals surface area contributed by atoms with Crippen molar-refractivity contribution in [1.82, 2.24) is 0 Å². The second-order valence-electron chi connectivity index (χ2n) is 5.06. The number of aliphatic hydroxyl groups excluding tert-OH is 1. The second kappa shape index (κ2) is 6.97. The van der Waals surface area contributed by atoms with Crippen molar-refractivity contribution in [3.05, 3.63) is 65.5 Å². The average molecular weight is 329 g/mol. The normalized spacial score (nSPS) is 14.3. The van der Waals surface area contributed by atoms with Gasteiger partial charge in [0.25, 0.3) is 0 Å². The van der Waals surface area contributed by atoms with E-state index >= 15 is 0 Å². The van der Waals surface area contributed by atoms with E-state index in [1.807, 2.05) is 0 Å². The largest absolute Gasteiger partial charge is 0.573 e. The molecule has 0 aliphatic rings. The lowest BCUT2D eigenvalue weighted by Crippen LogP contribution is -2.30. The van der Waals surface area contributed by atoms with Crippen LogP contribution in [0.3, 0.4) is 0 Å². The quantitative estimate of drug-likeness (QED) is 0.828. The van der Waals surface area contributed by atoms with Crippen molar-refractivity contribution in [1.29, 1.82) is 0 Å². The summed E-state index contributed by atoms with van der Waals surface area (Å²) in [7, 11) is 0. The minimum Gasteiger partial charge on any atom is -0.406 e. The number of benzene rings is 2. The van der Waals surface area contributed by atoms with E-state index in [1.54, 1.807) is 6.07 Å². The first-order valence-corrected chi connectivity index (χ1v) is 6.78. The average Bonchev–Trinajstić information content (AvgIpc) is 2.46. The van der Waals surface area contributed by atoms with Crippen molar-refractivity contribution in [2.24, 2.45) is 5.73 Å². The summed E-state index contributed by atoms with van der Waals surface area (Å²) in [5.41, 5.74) is 6.81. The van der Waals surface area contributed by atoms with Gasteiger partial charge in [0.1, 0.15) is 11.6 Å². The fourth-order valence-electron chi connectivity index (χ4n) is 2.16. The molecule has 0 saturated heterocycles. The van der Waals surface area contributed by atoms with Crippen LogP contribution in [0.15, 0.2) is 48.5 Å². The molecule has 0 spiro atoms. The van der Waals surface area contributed by atoms with E-state index in [1.165, 1.54) is 42.5 Å². The lowest BCUT2D eigenvalue weighted by molar-refractivity contribution is -0.274. The van der Waals surface area contributed by atoms with Crippen LogP contribution in [0.5, 0.6) is 5.75 Å². The molecule has 2 unspecified atom stereocenters. The molecule has 23 heavy (non-hydrogen) atoms. The maximum atomic E-state index is 12.9. The Labute approximate surface area is 130 Å². The number of alkyl halides is 3. The summed E-state index contributed by atoms with van der Waals surface area (Å²) in [4.78, 5) is 0. The van der Waals surface area contributed by atoms with Crippen LogP contribution < -0.4 is 10.5 Å². The van der Waals surface area contributed by atoms with Crippen molar-refractivity contribution < 1.29 is 27.4 Å². The van der Waals surface area contributed by atoms with Gasteiger partial charge in [-0.1, -0.05) is 24.3 Å². The van der Waals surface area contributed by atoms with Crippen molar-refractivity contribution >= 4 is 0 Å². The highest BCUT2D eigenvalue weighted by atomic mass is 19.4. The van der Waals surface area contributed by atoms with Crippen molar-refractivity contribution in [3.63, 3.8) is 0 Å². The van der Waals surface area contributed by atoms with Crippen LogP contribution in [0, 0.1) is 5.82 Å².